The van der Waals surface area contributed by atoms with Crippen LogP contribution in [0.1, 0.15) is 10.4 Å². The van der Waals surface area contributed by atoms with Crippen LogP contribution in [0.5, 0.6) is 5.75 Å². The fraction of sp³-hybridized carbons (Fsp3) is 0.417. The average molecular weight is 238 g/mol. The molecule has 0 radical (unpaired) electrons. The van der Waals surface area contributed by atoms with Crippen LogP contribution in [-0.4, -0.2) is 41.3 Å². The molecular formula is C12H18N2O3. The highest BCUT2D eigenvalue weighted by Crippen LogP contribution is 2.36. The molecule has 0 aliphatic carbocycles. The van der Waals surface area contributed by atoms with Gasteiger partial charge in [0.25, 0.3) is 0 Å². The number of methoxy groups -OCH3 is 2. The van der Waals surface area contributed by atoms with Crippen molar-refractivity contribution in [3.8, 4) is 5.75 Å². The molecule has 0 aliphatic heterocycles. The number of hydrogen-bond acceptors (Lipinski definition) is 5. The topological polar surface area (TPSA) is 50.8 Å². The molecule has 1 aromatic carbocycles. The Morgan fingerprint density at radius 2 is 1.94 bits per heavy atom. The van der Waals surface area contributed by atoms with Gasteiger partial charge in [0.05, 0.1) is 31.2 Å². The van der Waals surface area contributed by atoms with Gasteiger partial charge in [-0.1, -0.05) is 0 Å². The summed E-state index contributed by atoms with van der Waals surface area (Å²) in [4.78, 5) is 13.4. The molecular weight excluding hydrogens is 220 g/mol. The SMILES string of the molecule is CNc1cc(C(=O)OC)cc(N(C)C)c1OC. The van der Waals surface area contributed by atoms with E-state index in [1.165, 1.54) is 7.11 Å². The van der Waals surface area contributed by atoms with Crippen LogP contribution >= 0.6 is 0 Å². The number of ether oxygens (including phenoxy) is 2. The van der Waals surface area contributed by atoms with Crippen LogP contribution in [0.25, 0.3) is 0 Å². The van der Waals surface area contributed by atoms with Gasteiger partial charge in [-0.3, -0.25) is 0 Å². The van der Waals surface area contributed by atoms with Crippen LogP contribution in [0.15, 0.2) is 12.1 Å². The van der Waals surface area contributed by atoms with Crippen LogP contribution in [-0.2, 0) is 4.74 Å². The summed E-state index contributed by atoms with van der Waals surface area (Å²) in [5.41, 5.74) is 2.06. The molecule has 1 N–H and O–H groups in total. The van der Waals surface area contributed by atoms with E-state index in [0.29, 0.717) is 11.3 Å². The minimum atomic E-state index is -0.368. The van der Waals surface area contributed by atoms with Crippen molar-refractivity contribution in [2.75, 3.05) is 45.6 Å². The third-order valence-electron chi connectivity index (χ3n) is 2.45. The lowest BCUT2D eigenvalue weighted by Gasteiger charge is -2.20. The highest BCUT2D eigenvalue weighted by Gasteiger charge is 2.16. The summed E-state index contributed by atoms with van der Waals surface area (Å²) in [6.45, 7) is 0. The quantitative estimate of drug-likeness (QED) is 0.807. The van der Waals surface area contributed by atoms with E-state index in [4.69, 9.17) is 9.47 Å². The fourth-order valence-electron chi connectivity index (χ4n) is 1.58. The molecule has 5 nitrogen and oxygen atoms in total. The monoisotopic (exact) mass is 238 g/mol. The van der Waals surface area contributed by atoms with Crippen LogP contribution in [0.3, 0.4) is 0 Å². The van der Waals surface area contributed by atoms with Crippen molar-refractivity contribution in [2.45, 2.75) is 0 Å². The Bertz CT molecular complexity index is 416. The molecule has 0 saturated carbocycles. The van der Waals surface area contributed by atoms with E-state index in [2.05, 4.69) is 5.32 Å². The predicted molar refractivity (Wildman–Crippen MR) is 68.2 cm³/mol. The second-order valence-corrected chi connectivity index (χ2v) is 3.71. The second-order valence-electron chi connectivity index (χ2n) is 3.71. The van der Waals surface area contributed by atoms with E-state index >= 15 is 0 Å². The molecule has 0 aromatic heterocycles. The normalized spacial score (nSPS) is 9.71. The third kappa shape index (κ3) is 2.61. The van der Waals surface area contributed by atoms with Gasteiger partial charge in [0.2, 0.25) is 0 Å². The van der Waals surface area contributed by atoms with Crippen LogP contribution in [0.4, 0.5) is 11.4 Å². The smallest absolute Gasteiger partial charge is 0.338 e. The first-order valence-electron chi connectivity index (χ1n) is 5.20. The first kappa shape index (κ1) is 13.2. The molecule has 0 bridgehead atoms. The zero-order valence-electron chi connectivity index (χ0n) is 10.8. The minimum Gasteiger partial charge on any atom is -0.492 e. The Morgan fingerprint density at radius 1 is 1.29 bits per heavy atom. The maximum atomic E-state index is 11.5. The van der Waals surface area contributed by atoms with E-state index in [0.717, 1.165) is 11.4 Å². The lowest BCUT2D eigenvalue weighted by atomic mass is 10.1. The summed E-state index contributed by atoms with van der Waals surface area (Å²) in [6, 6.07) is 3.45. The molecule has 1 rings (SSSR count). The number of benzene rings is 1. The highest BCUT2D eigenvalue weighted by atomic mass is 16.5. The molecule has 0 amide bonds. The van der Waals surface area contributed by atoms with Gasteiger partial charge in [0.1, 0.15) is 0 Å². The van der Waals surface area contributed by atoms with Crippen LogP contribution in [0, 0.1) is 0 Å². The summed E-state index contributed by atoms with van der Waals surface area (Å²) in [6.07, 6.45) is 0. The van der Waals surface area contributed by atoms with Gasteiger partial charge in [0, 0.05) is 21.1 Å². The van der Waals surface area contributed by atoms with Gasteiger partial charge in [-0.2, -0.15) is 0 Å². The molecule has 0 fully saturated rings. The zero-order chi connectivity index (χ0) is 13.0. The Morgan fingerprint density at radius 3 is 2.35 bits per heavy atom. The molecule has 0 unspecified atom stereocenters. The van der Waals surface area contributed by atoms with E-state index in [-0.39, 0.29) is 5.97 Å². The predicted octanol–water partition coefficient (Wildman–Crippen LogP) is 1.59. The summed E-state index contributed by atoms with van der Waals surface area (Å²) in [7, 11) is 8.51. The van der Waals surface area contributed by atoms with E-state index < -0.39 is 0 Å². The standard InChI is InChI=1S/C12H18N2O3/c1-13-9-6-8(12(15)17-5)7-10(14(2)3)11(9)16-4/h6-7,13H,1-5H3. The lowest BCUT2D eigenvalue weighted by Crippen LogP contribution is -2.13. The third-order valence-corrected chi connectivity index (χ3v) is 2.45. The van der Waals surface area contributed by atoms with Gasteiger partial charge in [0.15, 0.2) is 5.75 Å². The summed E-state index contributed by atoms with van der Waals surface area (Å²) >= 11 is 0. The number of anilines is 2. The molecule has 0 aliphatic rings. The van der Waals surface area contributed by atoms with Crippen molar-refractivity contribution in [1.82, 2.24) is 0 Å². The maximum absolute atomic E-state index is 11.5. The summed E-state index contributed by atoms with van der Waals surface area (Å²) in [5, 5.41) is 3.00. The van der Waals surface area contributed by atoms with Crippen molar-refractivity contribution in [1.29, 1.82) is 0 Å². The fourth-order valence-corrected chi connectivity index (χ4v) is 1.58. The molecule has 0 heterocycles. The molecule has 1 aromatic rings. The number of nitrogens with one attached hydrogen (secondary N) is 1. The van der Waals surface area contributed by atoms with Crippen molar-refractivity contribution < 1.29 is 14.3 Å². The van der Waals surface area contributed by atoms with Gasteiger partial charge >= 0.3 is 5.97 Å². The van der Waals surface area contributed by atoms with Gasteiger partial charge < -0.3 is 19.7 Å². The number of hydrogen-bond donors (Lipinski definition) is 1. The van der Waals surface area contributed by atoms with Crippen molar-refractivity contribution in [2.24, 2.45) is 0 Å². The maximum Gasteiger partial charge on any atom is 0.338 e. The number of carbonyl (C=O) groups is 1. The van der Waals surface area contributed by atoms with Crippen molar-refractivity contribution in [3.63, 3.8) is 0 Å². The first-order chi connectivity index (χ1) is 8.04. The van der Waals surface area contributed by atoms with Gasteiger partial charge in [-0.15, -0.1) is 0 Å². The number of esters is 1. The Kier molecular flexibility index (Phi) is 4.20. The Hall–Kier alpha value is -1.91. The molecule has 0 saturated heterocycles. The van der Waals surface area contributed by atoms with E-state index in [1.54, 1.807) is 26.3 Å². The lowest BCUT2D eigenvalue weighted by molar-refractivity contribution is 0.0601. The number of carbonyl (C=O) groups excluding carboxylic acids is 1. The van der Waals surface area contributed by atoms with Crippen molar-refractivity contribution >= 4 is 17.3 Å². The van der Waals surface area contributed by atoms with Gasteiger partial charge in [-0.05, 0) is 12.1 Å². The van der Waals surface area contributed by atoms with Gasteiger partial charge in [-0.25, -0.2) is 4.79 Å². The number of rotatable bonds is 4. The molecule has 0 atom stereocenters. The molecule has 5 heteroatoms. The Labute approximate surface area is 101 Å². The molecule has 17 heavy (non-hydrogen) atoms. The van der Waals surface area contributed by atoms with E-state index in [1.807, 2.05) is 19.0 Å². The minimum absolute atomic E-state index is 0.368. The summed E-state index contributed by atoms with van der Waals surface area (Å²) in [5.74, 6) is 0.331. The van der Waals surface area contributed by atoms with Crippen LogP contribution < -0.4 is 15.0 Å². The first-order valence-corrected chi connectivity index (χ1v) is 5.20. The van der Waals surface area contributed by atoms with E-state index in [9.17, 15) is 4.79 Å². The Balaban J connectivity index is 3.40. The highest BCUT2D eigenvalue weighted by molar-refractivity contribution is 5.93. The second kappa shape index (κ2) is 5.43. The zero-order valence-corrected chi connectivity index (χ0v) is 10.8. The van der Waals surface area contributed by atoms with Crippen molar-refractivity contribution in [3.05, 3.63) is 17.7 Å². The van der Waals surface area contributed by atoms with Crippen LogP contribution in [0.2, 0.25) is 0 Å². The largest absolute Gasteiger partial charge is 0.492 e. The average Bonchev–Trinajstić information content (AvgIpc) is 2.35. The number of nitrogens with zero attached hydrogens (tertiary/aromatic N) is 1. The summed E-state index contributed by atoms with van der Waals surface area (Å²) < 4.78 is 10.1. The molecule has 94 valence electrons. The molecule has 0 spiro atoms.